The molecule has 4 heterocycles. The summed E-state index contributed by atoms with van der Waals surface area (Å²) in [5, 5.41) is 6.94. The van der Waals surface area contributed by atoms with E-state index in [1.165, 1.54) is 36.7 Å². The molecule has 0 unspecified atom stereocenters. The minimum Gasteiger partial charge on any atom is -0.456 e. The number of hydrogen-bond donors (Lipinski definition) is 0. The van der Waals surface area contributed by atoms with Crippen LogP contribution < -0.4 is 0 Å². The topological polar surface area (TPSA) is 56.7 Å². The molecule has 0 amide bonds. The standard InChI is InChI=1S/C51H30N4OS/c1-3-13-31(14-4-1)33-17-11-18-34(27-33)36-21-12-23-44-48(36)39-26-25-35(28-45(39)56-44)50-52-49(32-15-5-2-6-16-32)53-51(54-50)55-42-22-9-7-19-37(42)40-30-47-41(29-43(40)55)38-20-8-10-24-46(38)57-47/h1-30H. The molecule has 57 heavy (non-hydrogen) atoms. The Kier molecular flexibility index (Phi) is 7.03. The first-order valence-electron chi connectivity index (χ1n) is 19.0. The largest absolute Gasteiger partial charge is 0.456 e. The number of fused-ring (bicyclic) bond motifs is 9. The van der Waals surface area contributed by atoms with E-state index in [4.69, 9.17) is 19.4 Å². The van der Waals surface area contributed by atoms with Crippen LogP contribution in [0.4, 0.5) is 0 Å². The predicted molar refractivity (Wildman–Crippen MR) is 236 cm³/mol. The zero-order valence-electron chi connectivity index (χ0n) is 30.4. The summed E-state index contributed by atoms with van der Waals surface area (Å²) in [5.41, 5.74) is 10.1. The van der Waals surface area contributed by atoms with Crippen molar-refractivity contribution in [2.24, 2.45) is 0 Å². The van der Waals surface area contributed by atoms with Crippen LogP contribution in [0.1, 0.15) is 0 Å². The van der Waals surface area contributed by atoms with Gasteiger partial charge in [0.1, 0.15) is 11.2 Å². The van der Waals surface area contributed by atoms with Crippen molar-refractivity contribution < 1.29 is 4.42 Å². The number of aromatic nitrogens is 4. The molecular weight excluding hydrogens is 717 g/mol. The van der Waals surface area contributed by atoms with Crippen molar-refractivity contribution in [3.63, 3.8) is 0 Å². The van der Waals surface area contributed by atoms with Crippen LogP contribution in [0.15, 0.2) is 186 Å². The second-order valence-electron chi connectivity index (χ2n) is 14.4. The molecule has 0 radical (unpaired) electrons. The Morgan fingerprint density at radius 1 is 0.386 bits per heavy atom. The van der Waals surface area contributed by atoms with Gasteiger partial charge < -0.3 is 4.42 Å². The van der Waals surface area contributed by atoms with E-state index in [0.717, 1.165) is 60.6 Å². The summed E-state index contributed by atoms with van der Waals surface area (Å²) in [6.45, 7) is 0. The highest BCUT2D eigenvalue weighted by molar-refractivity contribution is 7.25. The summed E-state index contributed by atoms with van der Waals surface area (Å²) < 4.78 is 11.4. The van der Waals surface area contributed by atoms with Gasteiger partial charge in [0.25, 0.3) is 0 Å². The normalized spacial score (nSPS) is 11.9. The van der Waals surface area contributed by atoms with Crippen LogP contribution in [0, 0.1) is 0 Å². The Morgan fingerprint density at radius 2 is 1.09 bits per heavy atom. The summed E-state index contributed by atoms with van der Waals surface area (Å²) in [7, 11) is 0. The quantitative estimate of drug-likeness (QED) is 0.176. The molecule has 0 bridgehead atoms. The molecule has 6 heteroatoms. The van der Waals surface area contributed by atoms with Crippen LogP contribution >= 0.6 is 11.3 Å². The third kappa shape index (κ3) is 5.12. The molecule has 266 valence electrons. The fraction of sp³-hybridized carbons (Fsp3) is 0. The van der Waals surface area contributed by atoms with Gasteiger partial charge in [0.15, 0.2) is 11.6 Å². The number of thiophene rings is 1. The molecule has 0 fully saturated rings. The summed E-state index contributed by atoms with van der Waals surface area (Å²) in [6.07, 6.45) is 0. The molecule has 0 aliphatic carbocycles. The Labute approximate surface area is 330 Å². The highest BCUT2D eigenvalue weighted by Gasteiger charge is 2.21. The van der Waals surface area contributed by atoms with E-state index >= 15 is 0 Å². The van der Waals surface area contributed by atoms with Crippen LogP contribution in [0.2, 0.25) is 0 Å². The third-order valence-corrected chi connectivity index (χ3v) is 12.2. The molecule has 0 saturated heterocycles. The molecule has 0 aliphatic heterocycles. The summed E-state index contributed by atoms with van der Waals surface area (Å²) in [4.78, 5) is 15.6. The second kappa shape index (κ2) is 12.6. The van der Waals surface area contributed by atoms with Gasteiger partial charge in [-0.3, -0.25) is 4.57 Å². The number of rotatable bonds is 5. The molecule has 5 nitrogen and oxygen atoms in total. The summed E-state index contributed by atoms with van der Waals surface area (Å²) >= 11 is 1.83. The Hall–Kier alpha value is -7.41. The highest BCUT2D eigenvalue weighted by Crippen LogP contribution is 2.42. The first-order valence-corrected chi connectivity index (χ1v) is 19.8. The van der Waals surface area contributed by atoms with Gasteiger partial charge in [0.2, 0.25) is 5.95 Å². The van der Waals surface area contributed by atoms with Gasteiger partial charge in [0.05, 0.1) is 11.0 Å². The van der Waals surface area contributed by atoms with Crippen molar-refractivity contribution in [2.75, 3.05) is 0 Å². The van der Waals surface area contributed by atoms with Crippen molar-refractivity contribution in [3.05, 3.63) is 182 Å². The number of nitrogens with zero attached hydrogens (tertiary/aromatic N) is 4. The SMILES string of the molecule is c1ccc(-c2cccc(-c3cccc4oc5cc(-c6nc(-c7ccccc7)nc(-n7c8ccccc8c8cc9sc%10ccccc%10c9cc87)n6)ccc5c34)c2)cc1. The average Bonchev–Trinajstić information content (AvgIpc) is 3.95. The lowest BCUT2D eigenvalue weighted by molar-refractivity contribution is 0.669. The van der Waals surface area contributed by atoms with Gasteiger partial charge >= 0.3 is 0 Å². The van der Waals surface area contributed by atoms with Crippen LogP contribution in [0.3, 0.4) is 0 Å². The lowest BCUT2D eigenvalue weighted by atomic mass is 9.96. The first-order chi connectivity index (χ1) is 28.2. The van der Waals surface area contributed by atoms with Crippen LogP contribution in [-0.4, -0.2) is 19.5 Å². The lowest BCUT2D eigenvalue weighted by Crippen LogP contribution is -2.06. The fourth-order valence-electron chi connectivity index (χ4n) is 8.41. The van der Waals surface area contributed by atoms with Crippen LogP contribution in [0.25, 0.3) is 115 Å². The van der Waals surface area contributed by atoms with Crippen molar-refractivity contribution >= 4 is 75.3 Å². The van der Waals surface area contributed by atoms with Gasteiger partial charge in [-0.15, -0.1) is 11.3 Å². The third-order valence-electron chi connectivity index (χ3n) is 11.1. The van der Waals surface area contributed by atoms with E-state index in [9.17, 15) is 0 Å². The molecule has 4 aromatic heterocycles. The Balaban J connectivity index is 1.06. The molecule has 12 aromatic rings. The van der Waals surface area contributed by atoms with Crippen LogP contribution in [0.5, 0.6) is 0 Å². The smallest absolute Gasteiger partial charge is 0.238 e. The fourth-order valence-corrected chi connectivity index (χ4v) is 9.54. The predicted octanol–water partition coefficient (Wildman–Crippen LogP) is 13.9. The van der Waals surface area contributed by atoms with Crippen molar-refractivity contribution in [1.82, 2.24) is 19.5 Å². The van der Waals surface area contributed by atoms with Gasteiger partial charge in [-0.05, 0) is 70.8 Å². The molecule has 0 spiro atoms. The Morgan fingerprint density at radius 3 is 1.95 bits per heavy atom. The molecule has 0 N–H and O–H groups in total. The van der Waals surface area contributed by atoms with Crippen molar-refractivity contribution in [1.29, 1.82) is 0 Å². The maximum atomic E-state index is 6.62. The summed E-state index contributed by atoms with van der Waals surface area (Å²) in [6, 6.07) is 63.8. The van der Waals surface area contributed by atoms with Gasteiger partial charge in [0, 0.05) is 52.8 Å². The molecule has 0 atom stereocenters. The van der Waals surface area contributed by atoms with E-state index in [1.54, 1.807) is 0 Å². The monoisotopic (exact) mass is 746 g/mol. The zero-order valence-corrected chi connectivity index (χ0v) is 31.2. The second-order valence-corrected chi connectivity index (χ2v) is 15.5. The maximum Gasteiger partial charge on any atom is 0.238 e. The number of para-hydroxylation sites is 1. The summed E-state index contributed by atoms with van der Waals surface area (Å²) in [5.74, 6) is 1.74. The van der Waals surface area contributed by atoms with E-state index in [0.29, 0.717) is 17.6 Å². The van der Waals surface area contributed by atoms with Crippen molar-refractivity contribution in [3.8, 4) is 51.0 Å². The number of benzene rings is 8. The van der Waals surface area contributed by atoms with Gasteiger partial charge in [-0.25, -0.2) is 4.98 Å². The molecule has 0 aliphatic rings. The van der Waals surface area contributed by atoms with Crippen LogP contribution in [-0.2, 0) is 0 Å². The minimum absolute atomic E-state index is 0.564. The lowest BCUT2D eigenvalue weighted by Gasteiger charge is -2.11. The highest BCUT2D eigenvalue weighted by atomic mass is 32.1. The van der Waals surface area contributed by atoms with E-state index in [2.05, 4.69) is 144 Å². The molecule has 12 rings (SSSR count). The molecule has 0 saturated carbocycles. The Bertz CT molecular complexity index is 3530. The number of furan rings is 1. The van der Waals surface area contributed by atoms with Crippen molar-refractivity contribution in [2.45, 2.75) is 0 Å². The average molecular weight is 747 g/mol. The molecular formula is C51H30N4OS. The first kappa shape index (κ1) is 31.9. The number of hydrogen-bond acceptors (Lipinski definition) is 5. The van der Waals surface area contributed by atoms with E-state index < -0.39 is 0 Å². The van der Waals surface area contributed by atoms with E-state index in [1.807, 2.05) is 53.8 Å². The zero-order chi connectivity index (χ0) is 37.5. The van der Waals surface area contributed by atoms with Gasteiger partial charge in [-0.2, -0.15) is 9.97 Å². The molecule has 8 aromatic carbocycles. The van der Waals surface area contributed by atoms with Gasteiger partial charge in [-0.1, -0.05) is 133 Å². The van der Waals surface area contributed by atoms with E-state index in [-0.39, 0.29) is 0 Å². The minimum atomic E-state index is 0.564. The maximum absolute atomic E-state index is 6.62.